The van der Waals surface area contributed by atoms with E-state index < -0.39 is 5.82 Å². The third-order valence-corrected chi connectivity index (χ3v) is 13.9. The van der Waals surface area contributed by atoms with Gasteiger partial charge in [0.25, 0.3) is 11.8 Å². The first-order valence-electron chi connectivity index (χ1n) is 24.8. The second-order valence-electron chi connectivity index (χ2n) is 19.2. The molecule has 3 atom stereocenters. The van der Waals surface area contributed by atoms with E-state index in [9.17, 15) is 18.4 Å². The molecule has 0 spiro atoms. The summed E-state index contributed by atoms with van der Waals surface area (Å²) < 4.78 is 63.3. The Balaban J connectivity index is 0.000000146. The number of benzene rings is 4. The van der Waals surface area contributed by atoms with Gasteiger partial charge in [-0.1, -0.05) is 13.0 Å². The number of carbonyl (C=O) groups is 2. The highest BCUT2D eigenvalue weighted by molar-refractivity contribution is 5.96. The molecule has 3 N–H and O–H groups in total. The molecule has 8 heterocycles. The van der Waals surface area contributed by atoms with Crippen LogP contribution in [0.1, 0.15) is 61.5 Å². The number of piperidine rings is 2. The number of aromatic nitrogens is 2. The predicted octanol–water partition coefficient (Wildman–Crippen LogP) is 9.32. The van der Waals surface area contributed by atoms with Crippen LogP contribution in [0, 0.1) is 37.3 Å². The fourth-order valence-corrected chi connectivity index (χ4v) is 10.1. The van der Waals surface area contributed by atoms with Gasteiger partial charge >= 0.3 is 0 Å². The molecule has 0 bridgehead atoms. The van der Waals surface area contributed by atoms with Crippen LogP contribution in [0.4, 0.5) is 20.2 Å². The zero-order chi connectivity index (χ0) is 49.0. The van der Waals surface area contributed by atoms with Crippen molar-refractivity contribution >= 4 is 57.4 Å². The van der Waals surface area contributed by atoms with E-state index in [1.807, 2.05) is 56.3 Å². The Morgan fingerprint density at radius 1 is 0.681 bits per heavy atom. The SMILES string of the molecule is CC[C@H]1COc2ccc3nc(C)ccc3c2O1.Cc1ccc2c3c(ccc2n1)OC[C@H](CN1CCC(Cc2cc(F)c4c(c2)NC(=O)CO4)CC1)O3.Cl.O=C1COc2ccc(CC3CCCNC3)c(F)c2N1. The fourth-order valence-electron chi connectivity index (χ4n) is 10.1. The molecule has 2 amide bonds. The number of pyridine rings is 2. The number of carbonyl (C=O) groups excluding carboxylic acids is 2. The molecule has 4 aromatic carbocycles. The van der Waals surface area contributed by atoms with Crippen LogP contribution < -0.4 is 44.4 Å². The quantitative estimate of drug-likeness (QED) is 0.140. The Kier molecular flexibility index (Phi) is 15.8. The standard InChI is InChI=1S/C27H28FN3O4.C14H17FN2O2.C14H15NO2.ClH/c1-16-2-3-20-22(29-16)4-5-24-26(20)35-19(14-33-24)13-31-8-6-17(7-9-31)10-18-11-21(28)27-23(12-18)30-25(32)15-34-27;15-13-10(6-9-2-1-5-16-7-9)3-4-11-14(13)17-12(18)8-19-11;1-3-10-8-16-13-7-6-12-11(14(13)17-10)5-4-9(2)15-12;/h2-5,11-12,17,19H,6-10,13-15H2,1H3,(H,30,32);3-4,9,16H,1-2,5-8H2,(H,17,18);4-7,10H,3,8H2,1-2H3;1H/t19-;;10-;/m0.0./s1. The summed E-state index contributed by atoms with van der Waals surface area (Å²) in [6.45, 7) is 11.8. The molecule has 2 aromatic heterocycles. The van der Waals surface area contributed by atoms with Crippen molar-refractivity contribution in [3.8, 4) is 34.5 Å². The van der Waals surface area contributed by atoms with Gasteiger partial charge in [-0.25, -0.2) is 8.78 Å². The second-order valence-corrected chi connectivity index (χ2v) is 19.2. The monoisotopic (exact) mass is 1010 g/mol. The van der Waals surface area contributed by atoms with Gasteiger partial charge in [-0.2, -0.15) is 0 Å². The van der Waals surface area contributed by atoms with E-state index in [0.29, 0.717) is 48.5 Å². The van der Waals surface area contributed by atoms with Crippen LogP contribution in [-0.4, -0.2) is 98.0 Å². The van der Waals surface area contributed by atoms with Crippen LogP contribution >= 0.6 is 12.4 Å². The predicted molar refractivity (Wildman–Crippen MR) is 274 cm³/mol. The molecular formula is C55H61ClF2N6O8. The second kappa shape index (κ2) is 22.5. The highest BCUT2D eigenvalue weighted by Gasteiger charge is 2.30. The van der Waals surface area contributed by atoms with Crippen LogP contribution in [0.25, 0.3) is 21.8 Å². The van der Waals surface area contributed by atoms with Gasteiger partial charge in [0, 0.05) is 28.7 Å². The summed E-state index contributed by atoms with van der Waals surface area (Å²) in [6.07, 6.45) is 6.85. The number of nitrogens with zero attached hydrogens (tertiary/aromatic N) is 3. The largest absolute Gasteiger partial charge is 0.486 e. The van der Waals surface area contributed by atoms with Crippen molar-refractivity contribution in [2.75, 3.05) is 69.8 Å². The Hall–Kier alpha value is -6.49. The number of amides is 2. The molecule has 14 nitrogen and oxygen atoms in total. The summed E-state index contributed by atoms with van der Waals surface area (Å²) >= 11 is 0. The van der Waals surface area contributed by atoms with Crippen LogP contribution in [-0.2, 0) is 22.4 Å². The van der Waals surface area contributed by atoms with Gasteiger partial charge in [0.15, 0.2) is 53.6 Å². The van der Waals surface area contributed by atoms with Gasteiger partial charge in [-0.3, -0.25) is 24.5 Å². The molecule has 0 aliphatic carbocycles. The summed E-state index contributed by atoms with van der Waals surface area (Å²) in [5, 5.41) is 10.6. The number of halogens is 3. The lowest BCUT2D eigenvalue weighted by atomic mass is 9.89. The van der Waals surface area contributed by atoms with Crippen LogP contribution in [0.3, 0.4) is 0 Å². The number of anilines is 2. The van der Waals surface area contributed by atoms with Crippen molar-refractivity contribution in [1.29, 1.82) is 0 Å². The van der Waals surface area contributed by atoms with E-state index >= 15 is 0 Å². The molecule has 6 aliphatic rings. The number of rotatable bonds is 7. The van der Waals surface area contributed by atoms with Crippen molar-refractivity contribution < 1.29 is 46.8 Å². The zero-order valence-electron chi connectivity index (χ0n) is 40.8. The highest BCUT2D eigenvalue weighted by atomic mass is 35.5. The maximum absolute atomic E-state index is 14.4. The summed E-state index contributed by atoms with van der Waals surface area (Å²) in [5.74, 6) is 3.39. The summed E-state index contributed by atoms with van der Waals surface area (Å²) in [5.41, 5.74) is 6.03. The lowest BCUT2D eigenvalue weighted by Gasteiger charge is -2.36. The van der Waals surface area contributed by atoms with E-state index in [4.69, 9.17) is 28.4 Å². The molecule has 12 rings (SSSR count). The lowest BCUT2D eigenvalue weighted by molar-refractivity contribution is -0.119. The molecule has 6 aromatic rings. The van der Waals surface area contributed by atoms with E-state index in [1.54, 1.807) is 12.1 Å². The van der Waals surface area contributed by atoms with Crippen LogP contribution in [0.15, 0.2) is 72.8 Å². The summed E-state index contributed by atoms with van der Waals surface area (Å²) in [4.78, 5) is 34.4. The molecule has 380 valence electrons. The minimum Gasteiger partial charge on any atom is -0.486 e. The number of fused-ring (bicyclic) bond motifs is 8. The Morgan fingerprint density at radius 2 is 1.32 bits per heavy atom. The topological polar surface area (TPSA) is 155 Å². The third kappa shape index (κ3) is 11.6. The van der Waals surface area contributed by atoms with Crippen molar-refractivity contribution in [2.45, 2.75) is 77.9 Å². The molecule has 6 aliphatic heterocycles. The van der Waals surface area contributed by atoms with E-state index in [1.165, 1.54) is 6.07 Å². The summed E-state index contributed by atoms with van der Waals surface area (Å²) in [6, 6.07) is 22.8. The maximum Gasteiger partial charge on any atom is 0.262 e. The summed E-state index contributed by atoms with van der Waals surface area (Å²) in [7, 11) is 0. The van der Waals surface area contributed by atoms with Crippen molar-refractivity contribution in [3.05, 3.63) is 107 Å². The van der Waals surface area contributed by atoms with Crippen molar-refractivity contribution in [3.63, 3.8) is 0 Å². The normalized spacial score (nSPS) is 20.1. The smallest absolute Gasteiger partial charge is 0.262 e. The zero-order valence-corrected chi connectivity index (χ0v) is 41.6. The van der Waals surface area contributed by atoms with Crippen molar-refractivity contribution in [2.24, 2.45) is 11.8 Å². The van der Waals surface area contributed by atoms with Gasteiger partial charge in [0.2, 0.25) is 0 Å². The first-order valence-corrected chi connectivity index (χ1v) is 24.8. The van der Waals surface area contributed by atoms with Gasteiger partial charge in [-0.05, 0) is 175 Å². The van der Waals surface area contributed by atoms with E-state index in [0.717, 1.165) is 133 Å². The van der Waals surface area contributed by atoms with Crippen LogP contribution in [0.2, 0.25) is 0 Å². The first-order chi connectivity index (χ1) is 34.5. The van der Waals surface area contributed by atoms with Gasteiger partial charge < -0.3 is 44.4 Å². The molecule has 0 radical (unpaired) electrons. The number of likely N-dealkylation sites (tertiary alicyclic amines) is 1. The minimum atomic E-state index is -0.414. The number of hydrogen-bond donors (Lipinski definition) is 3. The molecular weight excluding hydrogens is 946 g/mol. The van der Waals surface area contributed by atoms with Gasteiger partial charge in [0.05, 0.1) is 16.7 Å². The highest BCUT2D eigenvalue weighted by Crippen LogP contribution is 2.41. The third-order valence-electron chi connectivity index (χ3n) is 13.9. The molecule has 2 saturated heterocycles. The Morgan fingerprint density at radius 3 is 1.99 bits per heavy atom. The molecule has 17 heteroatoms. The van der Waals surface area contributed by atoms with E-state index in [2.05, 4.69) is 49.9 Å². The Bertz CT molecular complexity index is 2950. The molecule has 0 saturated carbocycles. The number of aryl methyl sites for hydroxylation is 2. The number of nitrogens with one attached hydrogen (secondary N) is 3. The number of ether oxygens (including phenoxy) is 6. The minimum absolute atomic E-state index is 0. The molecule has 1 unspecified atom stereocenters. The lowest BCUT2D eigenvalue weighted by Crippen LogP contribution is -2.44. The maximum atomic E-state index is 14.4. The first kappa shape index (κ1) is 50.5. The fraction of sp³-hybridized carbons (Fsp3) is 0.418. The van der Waals surface area contributed by atoms with E-state index in [-0.39, 0.29) is 66.9 Å². The van der Waals surface area contributed by atoms with Crippen molar-refractivity contribution in [1.82, 2.24) is 20.2 Å². The molecule has 72 heavy (non-hydrogen) atoms. The Labute approximate surface area is 423 Å². The molecule has 2 fully saturated rings. The van der Waals surface area contributed by atoms with Gasteiger partial charge in [0.1, 0.15) is 36.9 Å². The van der Waals surface area contributed by atoms with Crippen LogP contribution in [0.5, 0.6) is 34.5 Å². The van der Waals surface area contributed by atoms with Gasteiger partial charge in [-0.15, -0.1) is 12.4 Å². The average molecular weight is 1010 g/mol. The average Bonchev–Trinajstić information content (AvgIpc) is 3.38. The number of hydrogen-bond acceptors (Lipinski definition) is 12.